The molecule has 0 saturated carbocycles. The first-order valence-corrected chi connectivity index (χ1v) is 12.7. The summed E-state index contributed by atoms with van der Waals surface area (Å²) in [5.41, 5.74) is 5.92. The summed E-state index contributed by atoms with van der Waals surface area (Å²) in [5.74, 6) is 1.27. The monoisotopic (exact) mass is 679 g/mol. The van der Waals surface area contributed by atoms with Gasteiger partial charge in [-0.05, 0) is 44.6 Å². The van der Waals surface area contributed by atoms with Gasteiger partial charge in [-0.2, -0.15) is 0 Å². The van der Waals surface area contributed by atoms with Crippen molar-refractivity contribution in [1.82, 2.24) is 9.97 Å². The number of aromatic nitrogens is 2. The molecule has 194 valence electrons. The van der Waals surface area contributed by atoms with Gasteiger partial charge in [-0.3, -0.25) is 0 Å². The molecule has 0 atom stereocenters. The summed E-state index contributed by atoms with van der Waals surface area (Å²) in [6.45, 7) is 13.2. The number of pyridine rings is 2. The van der Waals surface area contributed by atoms with Crippen LogP contribution in [0.2, 0.25) is 0 Å². The molecule has 38 heavy (non-hydrogen) atoms. The number of benzene rings is 3. The van der Waals surface area contributed by atoms with Crippen LogP contribution in [0.15, 0.2) is 85.2 Å². The maximum atomic E-state index is 6.36. The van der Waals surface area contributed by atoms with Crippen LogP contribution in [0.25, 0.3) is 33.3 Å². The van der Waals surface area contributed by atoms with E-state index in [1.807, 2.05) is 42.7 Å². The molecule has 3 aromatic carbocycles. The number of hydrogen-bond donors (Lipinski definition) is 0. The van der Waals surface area contributed by atoms with E-state index < -0.39 is 0 Å². The first-order valence-electron chi connectivity index (χ1n) is 12.7. The van der Waals surface area contributed by atoms with E-state index in [0.29, 0.717) is 11.5 Å². The minimum Gasteiger partial charge on any atom is -0.497 e. The molecule has 0 N–H and O–H groups in total. The molecule has 0 bridgehead atoms. The molecular weight excluding hydrogens is 647 g/mol. The molecule has 5 aromatic rings. The maximum Gasteiger partial charge on any atom is 2.00 e. The predicted octanol–water partition coefficient (Wildman–Crippen LogP) is 8.95. The summed E-state index contributed by atoms with van der Waals surface area (Å²) in [6, 6.07) is 31.6. The molecule has 3 nitrogen and oxygen atoms in total. The molecule has 0 aliphatic rings. The number of rotatable bonds is 4. The first kappa shape index (κ1) is 27.7. The fourth-order valence-electron chi connectivity index (χ4n) is 4.22. The van der Waals surface area contributed by atoms with Gasteiger partial charge in [0.15, 0.2) is 0 Å². The second-order valence-corrected chi connectivity index (χ2v) is 11.5. The van der Waals surface area contributed by atoms with Crippen LogP contribution in [0.3, 0.4) is 0 Å². The van der Waals surface area contributed by atoms with Crippen LogP contribution in [-0.2, 0) is 31.9 Å². The molecule has 0 saturated heterocycles. The molecule has 4 heteroatoms. The molecule has 0 spiro atoms. The largest absolute Gasteiger partial charge is 2.00 e. The number of ether oxygens (including phenoxy) is 1. The van der Waals surface area contributed by atoms with E-state index in [-0.39, 0.29) is 31.9 Å². The minimum absolute atomic E-state index is 0. The second-order valence-electron chi connectivity index (χ2n) is 11.5. The van der Waals surface area contributed by atoms with Crippen molar-refractivity contribution in [1.29, 1.82) is 0 Å². The summed E-state index contributed by atoms with van der Waals surface area (Å²) in [6.07, 6.45) is 3.78. The molecular formula is C34H32N2OPt. The third-order valence-electron chi connectivity index (χ3n) is 6.51. The van der Waals surface area contributed by atoms with Crippen LogP contribution >= 0.6 is 0 Å². The summed E-state index contributed by atoms with van der Waals surface area (Å²) in [7, 11) is 0. The topological polar surface area (TPSA) is 35.0 Å². The summed E-state index contributed by atoms with van der Waals surface area (Å²) < 4.78 is 6.36. The van der Waals surface area contributed by atoms with Crippen molar-refractivity contribution >= 4 is 10.8 Å². The van der Waals surface area contributed by atoms with Gasteiger partial charge in [0.25, 0.3) is 0 Å². The minimum atomic E-state index is -0.0678. The van der Waals surface area contributed by atoms with Gasteiger partial charge in [-0.25, -0.2) is 0 Å². The van der Waals surface area contributed by atoms with Crippen LogP contribution < -0.4 is 4.74 Å². The van der Waals surface area contributed by atoms with E-state index in [1.165, 1.54) is 5.56 Å². The quantitative estimate of drug-likeness (QED) is 0.178. The number of fused-ring (bicyclic) bond motifs is 1. The van der Waals surface area contributed by atoms with Gasteiger partial charge in [0.2, 0.25) is 0 Å². The third-order valence-corrected chi connectivity index (χ3v) is 6.51. The van der Waals surface area contributed by atoms with Crippen molar-refractivity contribution in [2.75, 3.05) is 0 Å². The zero-order valence-corrected chi connectivity index (χ0v) is 25.0. The van der Waals surface area contributed by atoms with E-state index >= 15 is 0 Å². The van der Waals surface area contributed by atoms with Gasteiger partial charge >= 0.3 is 21.1 Å². The maximum absolute atomic E-state index is 6.36. The summed E-state index contributed by atoms with van der Waals surface area (Å²) >= 11 is 0. The Kier molecular flexibility index (Phi) is 7.90. The number of hydrogen-bond acceptors (Lipinski definition) is 3. The molecule has 5 rings (SSSR count). The Hall–Kier alpha value is -3.29. The van der Waals surface area contributed by atoms with E-state index in [2.05, 4.69) is 101 Å². The van der Waals surface area contributed by atoms with E-state index in [0.717, 1.165) is 38.9 Å². The van der Waals surface area contributed by atoms with Crippen LogP contribution in [0.4, 0.5) is 0 Å². The fraction of sp³-hybridized carbons (Fsp3) is 0.235. The molecule has 0 aliphatic carbocycles. The average molecular weight is 680 g/mol. The van der Waals surface area contributed by atoms with Crippen molar-refractivity contribution in [3.8, 4) is 34.0 Å². The van der Waals surface area contributed by atoms with Gasteiger partial charge < -0.3 is 14.7 Å². The van der Waals surface area contributed by atoms with Crippen molar-refractivity contribution in [2.45, 2.75) is 52.4 Å². The molecule has 0 amide bonds. The second kappa shape index (κ2) is 10.8. The van der Waals surface area contributed by atoms with Gasteiger partial charge in [-0.15, -0.1) is 41.0 Å². The Balaban J connectivity index is 0.00000336. The van der Waals surface area contributed by atoms with E-state index in [4.69, 9.17) is 9.72 Å². The first-order chi connectivity index (χ1) is 17.6. The molecule has 2 aromatic heterocycles. The smallest absolute Gasteiger partial charge is 0.497 e. The summed E-state index contributed by atoms with van der Waals surface area (Å²) in [4.78, 5) is 9.32. The van der Waals surface area contributed by atoms with Crippen molar-refractivity contribution in [3.63, 3.8) is 0 Å². The van der Waals surface area contributed by atoms with Crippen LogP contribution in [0, 0.1) is 12.1 Å². The van der Waals surface area contributed by atoms with E-state index in [1.54, 1.807) is 0 Å². The molecule has 2 heterocycles. The molecule has 0 radical (unpaired) electrons. The number of nitrogens with zero attached hydrogens (tertiary/aromatic N) is 2. The van der Waals surface area contributed by atoms with Gasteiger partial charge in [0.1, 0.15) is 0 Å². The zero-order valence-electron chi connectivity index (χ0n) is 22.7. The van der Waals surface area contributed by atoms with Gasteiger partial charge in [0.05, 0.1) is 0 Å². The van der Waals surface area contributed by atoms with Crippen LogP contribution in [-0.4, -0.2) is 9.97 Å². The third kappa shape index (κ3) is 6.22. The molecule has 0 unspecified atom stereocenters. The predicted molar refractivity (Wildman–Crippen MR) is 152 cm³/mol. The molecule has 0 fully saturated rings. The fourth-order valence-corrected chi connectivity index (χ4v) is 4.22. The van der Waals surface area contributed by atoms with E-state index in [9.17, 15) is 0 Å². The Labute approximate surface area is 240 Å². The van der Waals surface area contributed by atoms with Crippen molar-refractivity contribution in [2.24, 2.45) is 0 Å². The van der Waals surface area contributed by atoms with Crippen LogP contribution in [0.5, 0.6) is 11.5 Å². The molecule has 0 aliphatic heterocycles. The Morgan fingerprint density at radius 1 is 0.605 bits per heavy atom. The Morgan fingerprint density at radius 3 is 2.03 bits per heavy atom. The Bertz CT molecular complexity index is 1580. The zero-order chi connectivity index (χ0) is 26.2. The Morgan fingerprint density at radius 2 is 1.29 bits per heavy atom. The van der Waals surface area contributed by atoms with Gasteiger partial charge in [0, 0.05) is 23.9 Å². The van der Waals surface area contributed by atoms with Gasteiger partial charge in [-0.1, -0.05) is 96.1 Å². The standard InChI is InChI=1S/C34H32N2O.Pt/c1-33(2,3)27-14-15-35-32(21-27)24-12-9-13-29(17-24)37-30-18-26(16-28(20-30)34(4,5)6)31-19-23-10-7-8-11-25(23)22-36-31;/h7-16,19-22H,1-6H3;/q-2;+2. The SMILES string of the molecule is CC(C)(C)c1cc(Oc2[c-]c(-c3cc(C(C)(C)C)ccn3)ccc2)[c-]c(-c2cc3ccccc3cn2)c1.[Pt+2]. The van der Waals surface area contributed by atoms with Crippen molar-refractivity contribution in [3.05, 3.63) is 108 Å². The summed E-state index contributed by atoms with van der Waals surface area (Å²) in [5, 5.41) is 2.26. The normalized spacial score (nSPS) is 11.7. The van der Waals surface area contributed by atoms with Crippen LogP contribution in [0.1, 0.15) is 52.7 Å². The average Bonchev–Trinajstić information content (AvgIpc) is 2.87. The van der Waals surface area contributed by atoms with Crippen molar-refractivity contribution < 1.29 is 25.8 Å².